The van der Waals surface area contributed by atoms with Crippen molar-refractivity contribution in [1.82, 2.24) is 14.5 Å². The average Bonchev–Trinajstić information content (AvgIpc) is 2.81. The van der Waals surface area contributed by atoms with E-state index in [9.17, 15) is 13.2 Å². The molecule has 1 N–H and O–H groups in total. The van der Waals surface area contributed by atoms with E-state index >= 15 is 0 Å². The van der Waals surface area contributed by atoms with Gasteiger partial charge < -0.3 is 9.88 Å². The van der Waals surface area contributed by atoms with Gasteiger partial charge in [0.05, 0.1) is 5.52 Å². The molecule has 3 rings (SSSR count). The van der Waals surface area contributed by atoms with Gasteiger partial charge in [-0.05, 0) is 19.1 Å². The molecular weight excluding hydrogens is 329 g/mol. The highest BCUT2D eigenvalue weighted by atomic mass is 35.5. The van der Waals surface area contributed by atoms with Crippen molar-refractivity contribution in [3.05, 3.63) is 52.8 Å². The first-order valence-electron chi connectivity index (χ1n) is 6.82. The summed E-state index contributed by atoms with van der Waals surface area (Å²) < 4.78 is 42.4. The Morgan fingerprint density at radius 1 is 1.13 bits per heavy atom. The van der Waals surface area contributed by atoms with Gasteiger partial charge >= 0.3 is 0 Å². The lowest BCUT2D eigenvalue weighted by Crippen LogP contribution is -2.13. The Bertz CT molecular complexity index is 879. The Hall–Kier alpha value is -2.28. The first kappa shape index (κ1) is 15.6. The third kappa shape index (κ3) is 2.96. The third-order valence-corrected chi connectivity index (χ3v) is 3.71. The predicted octanol–water partition coefficient (Wildman–Crippen LogP) is 3.92. The van der Waals surface area contributed by atoms with Crippen molar-refractivity contribution in [2.75, 3.05) is 11.9 Å². The minimum atomic E-state index is -1.47. The van der Waals surface area contributed by atoms with Gasteiger partial charge in [0.25, 0.3) is 0 Å². The SMILES string of the molecule is Cc1cc2cc(F)c(F)c(F)c2n1CCNc1cc(Cl)ncn1. The largest absolute Gasteiger partial charge is 0.368 e. The lowest BCUT2D eigenvalue weighted by Gasteiger charge is -2.11. The molecule has 0 bridgehead atoms. The summed E-state index contributed by atoms with van der Waals surface area (Å²) in [5.74, 6) is -3.32. The second-order valence-electron chi connectivity index (χ2n) is 5.01. The highest BCUT2D eigenvalue weighted by molar-refractivity contribution is 6.29. The molecule has 8 heteroatoms. The molecule has 0 aliphatic carbocycles. The Morgan fingerprint density at radius 3 is 2.65 bits per heavy atom. The van der Waals surface area contributed by atoms with Gasteiger partial charge in [-0.15, -0.1) is 0 Å². The normalized spacial score (nSPS) is 11.2. The highest BCUT2D eigenvalue weighted by Crippen LogP contribution is 2.26. The van der Waals surface area contributed by atoms with E-state index in [-0.39, 0.29) is 5.52 Å². The molecule has 1 aromatic carbocycles. The summed E-state index contributed by atoms with van der Waals surface area (Å²) in [7, 11) is 0. The van der Waals surface area contributed by atoms with E-state index < -0.39 is 17.5 Å². The second-order valence-corrected chi connectivity index (χ2v) is 5.40. The lowest BCUT2D eigenvalue weighted by molar-refractivity contribution is 0.450. The second kappa shape index (κ2) is 6.08. The van der Waals surface area contributed by atoms with Crippen LogP contribution >= 0.6 is 11.6 Å². The van der Waals surface area contributed by atoms with Gasteiger partial charge in [-0.1, -0.05) is 11.6 Å². The maximum absolute atomic E-state index is 14.0. The van der Waals surface area contributed by atoms with Crippen LogP contribution in [0.1, 0.15) is 5.69 Å². The maximum atomic E-state index is 14.0. The van der Waals surface area contributed by atoms with Crippen molar-refractivity contribution in [1.29, 1.82) is 0 Å². The molecule has 4 nitrogen and oxygen atoms in total. The topological polar surface area (TPSA) is 42.7 Å². The molecule has 0 unspecified atom stereocenters. The summed E-state index contributed by atoms with van der Waals surface area (Å²) in [4.78, 5) is 7.75. The van der Waals surface area contributed by atoms with E-state index in [2.05, 4.69) is 15.3 Å². The van der Waals surface area contributed by atoms with Gasteiger partial charge in [-0.3, -0.25) is 0 Å². The van der Waals surface area contributed by atoms with E-state index in [0.29, 0.717) is 35.1 Å². The van der Waals surface area contributed by atoms with Crippen LogP contribution in [0, 0.1) is 24.4 Å². The van der Waals surface area contributed by atoms with Gasteiger partial charge in [-0.25, -0.2) is 23.1 Å². The molecule has 2 heterocycles. The number of fused-ring (bicyclic) bond motifs is 1. The average molecular weight is 341 g/mol. The first-order valence-corrected chi connectivity index (χ1v) is 7.20. The summed E-state index contributed by atoms with van der Waals surface area (Å²) >= 11 is 5.76. The number of hydrogen-bond donors (Lipinski definition) is 1. The number of nitrogens with one attached hydrogen (secondary N) is 1. The summed E-state index contributed by atoms with van der Waals surface area (Å²) in [5.41, 5.74) is 0.746. The molecule has 23 heavy (non-hydrogen) atoms. The number of aromatic nitrogens is 3. The summed E-state index contributed by atoms with van der Waals surface area (Å²) in [6.45, 7) is 2.49. The molecule has 0 saturated heterocycles. The minimum absolute atomic E-state index is 0.0453. The molecule has 0 fully saturated rings. The zero-order chi connectivity index (χ0) is 16.6. The van der Waals surface area contributed by atoms with Crippen LogP contribution in [0.3, 0.4) is 0 Å². The molecule has 0 amide bonds. The number of hydrogen-bond acceptors (Lipinski definition) is 3. The first-order chi connectivity index (χ1) is 11.0. The van der Waals surface area contributed by atoms with E-state index in [4.69, 9.17) is 11.6 Å². The zero-order valence-corrected chi connectivity index (χ0v) is 12.8. The van der Waals surface area contributed by atoms with Gasteiger partial charge in [-0.2, -0.15) is 0 Å². The monoisotopic (exact) mass is 340 g/mol. The fraction of sp³-hybridized carbons (Fsp3) is 0.200. The Kier molecular flexibility index (Phi) is 4.12. The number of anilines is 1. The lowest BCUT2D eigenvalue weighted by atomic mass is 10.2. The van der Waals surface area contributed by atoms with Crippen LogP contribution in [0.15, 0.2) is 24.5 Å². The van der Waals surface area contributed by atoms with Gasteiger partial charge in [0, 0.05) is 30.2 Å². The van der Waals surface area contributed by atoms with Crippen molar-refractivity contribution >= 4 is 28.3 Å². The minimum Gasteiger partial charge on any atom is -0.368 e. The molecule has 0 aliphatic rings. The standard InChI is InChI=1S/C15H12ClF3N4/c1-8-4-9-5-10(17)13(18)14(19)15(9)23(8)3-2-20-12-6-11(16)21-7-22-12/h4-7H,2-3H2,1H3,(H,20,21,22). The van der Waals surface area contributed by atoms with Crippen molar-refractivity contribution in [3.63, 3.8) is 0 Å². The van der Waals surface area contributed by atoms with Crippen LogP contribution < -0.4 is 5.32 Å². The van der Waals surface area contributed by atoms with Crippen LogP contribution in [0.5, 0.6) is 0 Å². The Labute approximate surface area is 134 Å². The van der Waals surface area contributed by atoms with Gasteiger partial charge in [0.1, 0.15) is 17.3 Å². The van der Waals surface area contributed by atoms with Crippen LogP contribution in [0.25, 0.3) is 10.9 Å². The van der Waals surface area contributed by atoms with E-state index in [1.807, 2.05) is 0 Å². The number of nitrogens with zero attached hydrogens (tertiary/aromatic N) is 3. The molecule has 0 aliphatic heterocycles. The van der Waals surface area contributed by atoms with Crippen molar-refractivity contribution < 1.29 is 13.2 Å². The molecule has 0 radical (unpaired) electrons. The summed E-state index contributed by atoms with van der Waals surface area (Å²) in [6, 6.07) is 4.16. The molecule has 3 aromatic rings. The van der Waals surface area contributed by atoms with Crippen molar-refractivity contribution in [3.8, 4) is 0 Å². The molecule has 0 atom stereocenters. The fourth-order valence-corrected chi connectivity index (χ4v) is 2.63. The smallest absolute Gasteiger partial charge is 0.196 e. The zero-order valence-electron chi connectivity index (χ0n) is 12.1. The Morgan fingerprint density at radius 2 is 1.91 bits per heavy atom. The van der Waals surface area contributed by atoms with E-state index in [1.165, 1.54) is 6.33 Å². The van der Waals surface area contributed by atoms with Gasteiger partial charge in [0.2, 0.25) is 0 Å². The van der Waals surface area contributed by atoms with Crippen molar-refractivity contribution in [2.45, 2.75) is 13.5 Å². The predicted molar refractivity (Wildman–Crippen MR) is 82.1 cm³/mol. The van der Waals surface area contributed by atoms with E-state index in [0.717, 1.165) is 6.07 Å². The third-order valence-electron chi connectivity index (χ3n) is 3.50. The van der Waals surface area contributed by atoms with Crippen LogP contribution in [-0.2, 0) is 6.54 Å². The van der Waals surface area contributed by atoms with E-state index in [1.54, 1.807) is 23.6 Å². The number of halogens is 4. The molecule has 120 valence electrons. The maximum Gasteiger partial charge on any atom is 0.196 e. The number of aryl methyl sites for hydroxylation is 1. The van der Waals surface area contributed by atoms with Crippen LogP contribution in [0.2, 0.25) is 5.15 Å². The molecule has 0 saturated carbocycles. The van der Waals surface area contributed by atoms with Gasteiger partial charge in [0.15, 0.2) is 17.5 Å². The molecule has 0 spiro atoms. The van der Waals surface area contributed by atoms with Crippen molar-refractivity contribution in [2.24, 2.45) is 0 Å². The Balaban J connectivity index is 1.85. The number of benzene rings is 1. The fourth-order valence-electron chi connectivity index (χ4n) is 2.48. The quantitative estimate of drug-likeness (QED) is 0.578. The van der Waals surface area contributed by atoms with Crippen LogP contribution in [-0.4, -0.2) is 21.1 Å². The number of rotatable bonds is 4. The van der Waals surface area contributed by atoms with Crippen LogP contribution in [0.4, 0.5) is 19.0 Å². The molecular formula is C15H12ClF3N4. The summed E-state index contributed by atoms with van der Waals surface area (Å²) in [5, 5.41) is 3.64. The summed E-state index contributed by atoms with van der Waals surface area (Å²) in [6.07, 6.45) is 1.32. The highest BCUT2D eigenvalue weighted by Gasteiger charge is 2.18. The molecule has 2 aromatic heterocycles.